The topological polar surface area (TPSA) is 8.81 Å². The van der Waals surface area contributed by atoms with Gasteiger partial charge >= 0.3 is 0 Å². The van der Waals surface area contributed by atoms with Crippen LogP contribution < -0.4 is 4.57 Å². The van der Waals surface area contributed by atoms with Crippen molar-refractivity contribution in [3.63, 3.8) is 0 Å². The number of para-hydroxylation sites is 1. The van der Waals surface area contributed by atoms with E-state index in [4.69, 9.17) is 0 Å². The van der Waals surface area contributed by atoms with Crippen LogP contribution in [0.15, 0.2) is 84.9 Å². The van der Waals surface area contributed by atoms with Crippen molar-refractivity contribution in [2.75, 3.05) is 0 Å². The molecule has 0 aliphatic heterocycles. The lowest BCUT2D eigenvalue weighted by Crippen LogP contribution is -2.31. The third-order valence-electron chi connectivity index (χ3n) is 8.12. The van der Waals surface area contributed by atoms with Gasteiger partial charge in [0.1, 0.15) is 5.69 Å². The molecular formula is C37H43N2+. The molecular weight excluding hydrogens is 472 g/mol. The van der Waals surface area contributed by atoms with Crippen molar-refractivity contribution in [1.82, 2.24) is 4.57 Å². The number of rotatable bonds is 5. The maximum Gasteiger partial charge on any atom is 0.295 e. The first kappa shape index (κ1) is 26.9. The first-order valence-corrected chi connectivity index (χ1v) is 14.3. The Balaban J connectivity index is 1.94. The Kier molecular flexibility index (Phi) is 7.01. The highest BCUT2D eigenvalue weighted by Gasteiger charge is 2.32. The predicted octanol–water partition coefficient (Wildman–Crippen LogP) is 9.64. The predicted molar refractivity (Wildman–Crippen MR) is 167 cm³/mol. The molecule has 0 aliphatic carbocycles. The van der Waals surface area contributed by atoms with E-state index >= 15 is 0 Å². The second-order valence-electron chi connectivity index (χ2n) is 12.7. The quantitative estimate of drug-likeness (QED) is 0.206. The summed E-state index contributed by atoms with van der Waals surface area (Å²) < 4.78 is 4.98. The summed E-state index contributed by atoms with van der Waals surface area (Å²) in [4.78, 5) is 0. The van der Waals surface area contributed by atoms with Crippen LogP contribution in [0, 0.1) is 6.92 Å². The molecule has 0 aliphatic rings. The van der Waals surface area contributed by atoms with Gasteiger partial charge in [0.25, 0.3) is 5.82 Å². The Bertz CT molecular complexity index is 1620. The molecule has 5 rings (SSSR count). The molecule has 0 bridgehead atoms. The lowest BCUT2D eigenvalue weighted by Gasteiger charge is -2.19. The molecule has 1 heterocycles. The van der Waals surface area contributed by atoms with Crippen LogP contribution in [0.4, 0.5) is 0 Å². The average Bonchev–Trinajstić information content (AvgIpc) is 3.19. The van der Waals surface area contributed by atoms with Crippen molar-refractivity contribution in [2.45, 2.75) is 72.6 Å². The molecule has 0 saturated heterocycles. The van der Waals surface area contributed by atoms with Gasteiger partial charge in [-0.25, -0.2) is 4.57 Å². The zero-order valence-corrected chi connectivity index (χ0v) is 25.1. The second-order valence-corrected chi connectivity index (χ2v) is 12.7. The standard InChI is InChI=1S/C37H43N2/c1-24(2)30-16-13-17-31(25(3)4)35(30)39-33-21-20-29(37(6,7)8)23-34(33)38(9)36(39)32-22-28(19-18-26(32)5)27-14-11-10-12-15-27/h10-25H,1-9H3/q+1. The average molecular weight is 516 g/mol. The van der Waals surface area contributed by atoms with Crippen LogP contribution in [-0.2, 0) is 12.5 Å². The molecule has 200 valence electrons. The van der Waals surface area contributed by atoms with Crippen LogP contribution in [-0.4, -0.2) is 4.57 Å². The van der Waals surface area contributed by atoms with Crippen molar-refractivity contribution < 1.29 is 4.57 Å². The summed E-state index contributed by atoms with van der Waals surface area (Å²) in [6.07, 6.45) is 0. The van der Waals surface area contributed by atoms with E-state index in [-0.39, 0.29) is 5.41 Å². The Morgan fingerprint density at radius 1 is 0.692 bits per heavy atom. The van der Waals surface area contributed by atoms with Crippen molar-refractivity contribution in [1.29, 1.82) is 0 Å². The molecule has 5 aromatic rings. The third kappa shape index (κ3) is 4.82. The van der Waals surface area contributed by atoms with E-state index in [9.17, 15) is 0 Å². The summed E-state index contributed by atoms with van der Waals surface area (Å²) >= 11 is 0. The van der Waals surface area contributed by atoms with Crippen molar-refractivity contribution in [3.8, 4) is 28.2 Å². The number of fused-ring (bicyclic) bond motifs is 1. The number of nitrogens with zero attached hydrogens (tertiary/aromatic N) is 2. The van der Waals surface area contributed by atoms with E-state index in [1.54, 1.807) is 0 Å². The minimum absolute atomic E-state index is 0.0749. The molecule has 0 saturated carbocycles. The summed E-state index contributed by atoms with van der Waals surface area (Å²) in [6, 6.07) is 31.6. The third-order valence-corrected chi connectivity index (χ3v) is 8.12. The highest BCUT2D eigenvalue weighted by atomic mass is 15.2. The molecule has 4 aromatic carbocycles. The van der Waals surface area contributed by atoms with Gasteiger partial charge in [0, 0.05) is 11.1 Å². The molecule has 2 nitrogen and oxygen atoms in total. The van der Waals surface area contributed by atoms with Crippen LogP contribution in [0.25, 0.3) is 39.2 Å². The highest BCUT2D eigenvalue weighted by Crippen LogP contribution is 2.39. The molecule has 0 N–H and O–H groups in total. The smallest absolute Gasteiger partial charge is 0.225 e. The monoisotopic (exact) mass is 515 g/mol. The number of imidazole rings is 1. The Morgan fingerprint density at radius 3 is 1.92 bits per heavy atom. The number of hydrogen-bond donors (Lipinski definition) is 0. The van der Waals surface area contributed by atoms with Crippen molar-refractivity contribution >= 4 is 11.0 Å². The Hall–Kier alpha value is -3.65. The van der Waals surface area contributed by atoms with Gasteiger partial charge in [0.15, 0.2) is 11.0 Å². The molecule has 0 atom stereocenters. The summed E-state index contributed by atoms with van der Waals surface area (Å²) in [6.45, 7) is 18.4. The lowest BCUT2D eigenvalue weighted by atomic mass is 9.87. The Labute approximate surface area is 235 Å². The number of hydrogen-bond acceptors (Lipinski definition) is 0. The molecule has 0 radical (unpaired) electrons. The van der Waals surface area contributed by atoms with E-state index in [2.05, 4.69) is 157 Å². The minimum Gasteiger partial charge on any atom is -0.225 e. The van der Waals surface area contributed by atoms with Gasteiger partial charge in [-0.05, 0) is 64.6 Å². The van der Waals surface area contributed by atoms with Crippen LogP contribution in [0.3, 0.4) is 0 Å². The summed E-state index contributed by atoms with van der Waals surface area (Å²) in [5.74, 6) is 2.03. The minimum atomic E-state index is 0.0749. The number of aryl methyl sites for hydroxylation is 2. The highest BCUT2D eigenvalue weighted by molar-refractivity contribution is 5.83. The fraction of sp³-hybridized carbons (Fsp3) is 0.324. The van der Waals surface area contributed by atoms with E-state index in [0.29, 0.717) is 11.8 Å². The summed E-state index contributed by atoms with van der Waals surface area (Å²) in [5.41, 5.74) is 13.1. The maximum atomic E-state index is 2.56. The molecule has 0 fully saturated rings. The molecule has 0 unspecified atom stereocenters. The van der Waals surface area contributed by atoms with E-state index in [1.165, 1.54) is 61.5 Å². The summed E-state index contributed by atoms with van der Waals surface area (Å²) in [5, 5.41) is 0. The van der Waals surface area contributed by atoms with Gasteiger partial charge in [0.2, 0.25) is 0 Å². The molecule has 1 aromatic heterocycles. The van der Waals surface area contributed by atoms with Gasteiger partial charge in [-0.2, -0.15) is 4.57 Å². The maximum absolute atomic E-state index is 2.56. The molecule has 39 heavy (non-hydrogen) atoms. The van der Waals surface area contributed by atoms with Crippen molar-refractivity contribution in [2.24, 2.45) is 7.05 Å². The van der Waals surface area contributed by atoms with Crippen LogP contribution in [0.2, 0.25) is 0 Å². The van der Waals surface area contributed by atoms with Gasteiger partial charge in [-0.15, -0.1) is 0 Å². The molecule has 0 spiro atoms. The summed E-state index contributed by atoms with van der Waals surface area (Å²) in [7, 11) is 2.24. The fourth-order valence-corrected chi connectivity index (χ4v) is 5.80. The van der Waals surface area contributed by atoms with E-state index < -0.39 is 0 Å². The van der Waals surface area contributed by atoms with Gasteiger partial charge in [0.05, 0.1) is 12.6 Å². The second kappa shape index (κ2) is 10.2. The normalized spacial score (nSPS) is 12.2. The molecule has 0 amide bonds. The Morgan fingerprint density at radius 2 is 1.33 bits per heavy atom. The number of aromatic nitrogens is 2. The molecule has 2 heteroatoms. The van der Waals surface area contributed by atoms with E-state index in [1.807, 2.05) is 0 Å². The van der Waals surface area contributed by atoms with Gasteiger partial charge in [-0.1, -0.05) is 115 Å². The van der Waals surface area contributed by atoms with Crippen molar-refractivity contribution in [3.05, 3.63) is 107 Å². The van der Waals surface area contributed by atoms with E-state index in [0.717, 1.165) is 0 Å². The first-order chi connectivity index (χ1) is 18.5. The van der Waals surface area contributed by atoms with Gasteiger partial charge < -0.3 is 0 Å². The number of benzene rings is 4. The largest absolute Gasteiger partial charge is 0.295 e. The van der Waals surface area contributed by atoms with Gasteiger partial charge in [-0.3, -0.25) is 0 Å². The van der Waals surface area contributed by atoms with Crippen LogP contribution >= 0.6 is 0 Å². The zero-order chi connectivity index (χ0) is 28.1. The zero-order valence-electron chi connectivity index (χ0n) is 25.1. The van der Waals surface area contributed by atoms with Crippen LogP contribution in [0.1, 0.15) is 82.6 Å². The SMILES string of the molecule is Cc1ccc(-c2ccccc2)cc1-c1n(-c2c(C(C)C)cccc2C(C)C)c2ccc(C(C)(C)C)cc2[n+]1C. The van der Waals surface area contributed by atoms with Crippen LogP contribution in [0.5, 0.6) is 0 Å². The fourth-order valence-electron chi connectivity index (χ4n) is 5.80. The first-order valence-electron chi connectivity index (χ1n) is 14.3. The lowest BCUT2D eigenvalue weighted by molar-refractivity contribution is -0.633.